The van der Waals surface area contributed by atoms with Gasteiger partial charge in [0.1, 0.15) is 0 Å². The number of benzene rings is 2. The van der Waals surface area contributed by atoms with Gasteiger partial charge in [-0.1, -0.05) is 40.3 Å². The smallest absolute Gasteiger partial charge is 0.435 e. The van der Waals surface area contributed by atoms with Crippen LogP contribution in [-0.4, -0.2) is 29.0 Å². The molecule has 2 N–H and O–H groups in total. The molecule has 8 heteroatoms. The molecule has 0 atom stereocenters. The Morgan fingerprint density at radius 1 is 0.955 bits per heavy atom. The van der Waals surface area contributed by atoms with Crippen LogP contribution in [0.1, 0.15) is 10.4 Å². The summed E-state index contributed by atoms with van der Waals surface area (Å²) < 4.78 is 34.1. The standard InChI is InChI=1S/C14H9NO2.FHO3S/c16-14(17)13-9-5-1-3-7-11(9)15-12-8-4-2-6-10(12)13;1-5(2,3)4/h1-8H,(H,16,17);(H,2,3,4). The first kappa shape index (κ1) is 15.8. The second-order valence-corrected chi connectivity index (χ2v) is 5.06. The van der Waals surface area contributed by atoms with Crippen LogP contribution < -0.4 is 0 Å². The first-order valence-corrected chi connectivity index (χ1v) is 7.29. The lowest BCUT2D eigenvalue weighted by molar-refractivity contribution is 0.0701. The average molecular weight is 323 g/mol. The summed E-state index contributed by atoms with van der Waals surface area (Å²) in [6.45, 7) is 0. The maximum Gasteiger partial charge on any atom is 0.435 e. The van der Waals surface area contributed by atoms with E-state index in [9.17, 15) is 13.8 Å². The lowest BCUT2D eigenvalue weighted by atomic mass is 10.0. The van der Waals surface area contributed by atoms with Gasteiger partial charge in [-0.05, 0) is 12.1 Å². The van der Waals surface area contributed by atoms with E-state index in [1.165, 1.54) is 0 Å². The van der Waals surface area contributed by atoms with Gasteiger partial charge in [-0.25, -0.2) is 9.78 Å². The fraction of sp³-hybridized carbons (Fsp3) is 0. The highest BCUT2D eigenvalue weighted by atomic mass is 32.3. The molecule has 22 heavy (non-hydrogen) atoms. The van der Waals surface area contributed by atoms with Crippen molar-refractivity contribution in [3.63, 3.8) is 0 Å². The lowest BCUT2D eigenvalue weighted by Gasteiger charge is -2.06. The molecule has 0 radical (unpaired) electrons. The second kappa shape index (κ2) is 6.04. The van der Waals surface area contributed by atoms with E-state index >= 15 is 0 Å². The maximum absolute atomic E-state index is 11.4. The molecule has 1 heterocycles. The quantitative estimate of drug-likeness (QED) is 0.405. The van der Waals surface area contributed by atoms with E-state index in [4.69, 9.17) is 13.0 Å². The molecule has 0 unspecified atom stereocenters. The van der Waals surface area contributed by atoms with Gasteiger partial charge >= 0.3 is 16.5 Å². The van der Waals surface area contributed by atoms with Gasteiger partial charge in [0.05, 0.1) is 16.6 Å². The maximum atomic E-state index is 11.4. The third-order valence-corrected chi connectivity index (χ3v) is 2.80. The van der Waals surface area contributed by atoms with Crippen molar-refractivity contribution in [3.8, 4) is 0 Å². The van der Waals surface area contributed by atoms with E-state index in [-0.39, 0.29) is 0 Å². The number of nitrogens with zero attached hydrogens (tertiary/aromatic N) is 1. The fourth-order valence-corrected chi connectivity index (χ4v) is 2.07. The van der Waals surface area contributed by atoms with Crippen LogP contribution in [0.2, 0.25) is 0 Å². The van der Waals surface area contributed by atoms with Crippen LogP contribution in [0.4, 0.5) is 3.89 Å². The summed E-state index contributed by atoms with van der Waals surface area (Å²) >= 11 is 0. The molecule has 0 aliphatic rings. The normalized spacial score (nSPS) is 11.0. The Hall–Kier alpha value is -2.58. The molecule has 0 fully saturated rings. The SMILES string of the molecule is O=C(O)c1c2ccccc2nc2ccccc12.O=S(=O)(O)F. The van der Waals surface area contributed by atoms with Gasteiger partial charge < -0.3 is 5.11 Å². The Labute approximate surface area is 124 Å². The summed E-state index contributed by atoms with van der Waals surface area (Å²) in [5, 5.41) is 10.7. The van der Waals surface area contributed by atoms with Crippen molar-refractivity contribution in [2.45, 2.75) is 0 Å². The predicted octanol–water partition coefficient (Wildman–Crippen LogP) is 2.84. The topological polar surface area (TPSA) is 105 Å². The highest BCUT2D eigenvalue weighted by molar-refractivity contribution is 7.80. The Kier molecular flexibility index (Phi) is 4.34. The number of carboxylic acids is 1. The first-order valence-electron chi connectivity index (χ1n) is 5.95. The van der Waals surface area contributed by atoms with Crippen molar-refractivity contribution < 1.29 is 26.8 Å². The van der Waals surface area contributed by atoms with Gasteiger partial charge in [0.15, 0.2) is 0 Å². The molecule has 3 aromatic rings. The first-order chi connectivity index (χ1) is 10.3. The third kappa shape index (κ3) is 3.74. The van der Waals surface area contributed by atoms with E-state index in [0.717, 1.165) is 0 Å². The monoisotopic (exact) mass is 323 g/mol. The van der Waals surface area contributed by atoms with E-state index in [1.807, 2.05) is 36.4 Å². The zero-order valence-electron chi connectivity index (χ0n) is 11.0. The molecule has 0 saturated heterocycles. The molecular weight excluding hydrogens is 313 g/mol. The van der Waals surface area contributed by atoms with Gasteiger partial charge in [0, 0.05) is 10.8 Å². The highest BCUT2D eigenvalue weighted by Gasteiger charge is 2.13. The van der Waals surface area contributed by atoms with Crippen LogP contribution in [0.25, 0.3) is 21.8 Å². The Bertz CT molecular complexity index is 894. The van der Waals surface area contributed by atoms with Gasteiger partial charge in [-0.2, -0.15) is 8.42 Å². The number of carbonyl (C=O) groups is 1. The number of pyridine rings is 1. The van der Waals surface area contributed by atoms with Gasteiger partial charge in [-0.3, -0.25) is 4.55 Å². The molecule has 3 rings (SSSR count). The van der Waals surface area contributed by atoms with Crippen LogP contribution in [0, 0.1) is 0 Å². The number of hydrogen-bond donors (Lipinski definition) is 2. The zero-order chi connectivity index (χ0) is 16.3. The Morgan fingerprint density at radius 2 is 1.32 bits per heavy atom. The number of aromatic carboxylic acids is 1. The molecule has 114 valence electrons. The van der Waals surface area contributed by atoms with E-state index in [2.05, 4.69) is 4.98 Å². The molecule has 0 amide bonds. The van der Waals surface area contributed by atoms with Crippen molar-refractivity contribution >= 4 is 38.3 Å². The molecule has 2 aromatic carbocycles. The number of hydrogen-bond acceptors (Lipinski definition) is 4. The van der Waals surface area contributed by atoms with Crippen LogP contribution in [0.15, 0.2) is 48.5 Å². The van der Waals surface area contributed by atoms with E-state index in [0.29, 0.717) is 27.4 Å². The minimum Gasteiger partial charge on any atom is -0.478 e. The van der Waals surface area contributed by atoms with Crippen LogP contribution >= 0.6 is 0 Å². The summed E-state index contributed by atoms with van der Waals surface area (Å²) in [7, 11) is -5.17. The number of para-hydroxylation sites is 2. The van der Waals surface area contributed by atoms with Gasteiger partial charge in [-0.15, -0.1) is 0 Å². The zero-order valence-corrected chi connectivity index (χ0v) is 11.8. The van der Waals surface area contributed by atoms with Crippen LogP contribution in [-0.2, 0) is 10.5 Å². The summed E-state index contributed by atoms with van der Waals surface area (Å²) in [6, 6.07) is 14.6. The number of aromatic nitrogens is 1. The summed E-state index contributed by atoms with van der Waals surface area (Å²) in [6.07, 6.45) is 0. The van der Waals surface area contributed by atoms with Crippen molar-refractivity contribution in [1.29, 1.82) is 0 Å². The third-order valence-electron chi connectivity index (χ3n) is 2.80. The highest BCUT2D eigenvalue weighted by Crippen LogP contribution is 2.25. The molecule has 0 bridgehead atoms. The van der Waals surface area contributed by atoms with Crippen LogP contribution in [0.5, 0.6) is 0 Å². The van der Waals surface area contributed by atoms with Gasteiger partial charge in [0.25, 0.3) is 0 Å². The molecule has 0 spiro atoms. The van der Waals surface area contributed by atoms with Crippen molar-refractivity contribution in [2.24, 2.45) is 0 Å². The molecule has 1 aromatic heterocycles. The Balaban J connectivity index is 0.000000309. The van der Waals surface area contributed by atoms with E-state index in [1.54, 1.807) is 12.1 Å². The molecule has 6 nitrogen and oxygen atoms in total. The Morgan fingerprint density at radius 3 is 1.68 bits per heavy atom. The van der Waals surface area contributed by atoms with Crippen molar-refractivity contribution in [1.82, 2.24) is 4.98 Å². The lowest BCUT2D eigenvalue weighted by Crippen LogP contribution is -2.00. The van der Waals surface area contributed by atoms with Gasteiger partial charge in [0.2, 0.25) is 0 Å². The predicted molar refractivity (Wildman–Crippen MR) is 78.9 cm³/mol. The largest absolute Gasteiger partial charge is 0.478 e. The molecule has 0 saturated carbocycles. The summed E-state index contributed by atoms with van der Waals surface area (Å²) in [5.41, 5.74) is 1.75. The number of fused-ring (bicyclic) bond motifs is 2. The second-order valence-electron chi connectivity index (χ2n) is 4.24. The summed E-state index contributed by atoms with van der Waals surface area (Å²) in [5.74, 6) is -0.917. The van der Waals surface area contributed by atoms with Crippen LogP contribution in [0.3, 0.4) is 0 Å². The molecule has 0 aliphatic heterocycles. The summed E-state index contributed by atoms with van der Waals surface area (Å²) in [4.78, 5) is 15.9. The fourth-order valence-electron chi connectivity index (χ4n) is 2.07. The van der Waals surface area contributed by atoms with Crippen molar-refractivity contribution in [3.05, 3.63) is 54.1 Å². The number of halogens is 1. The van der Waals surface area contributed by atoms with Crippen molar-refractivity contribution in [2.75, 3.05) is 0 Å². The molecular formula is C14H10FNO5S. The minimum atomic E-state index is -5.17. The number of rotatable bonds is 1. The van der Waals surface area contributed by atoms with E-state index < -0.39 is 16.5 Å². The number of carboxylic acid groups (broad SMARTS) is 1. The molecule has 0 aliphatic carbocycles. The average Bonchev–Trinajstić information content (AvgIpc) is 2.42. The minimum absolute atomic E-state index is 0.325.